The zero-order valence-electron chi connectivity index (χ0n) is 37.2. The predicted octanol–water partition coefficient (Wildman–Crippen LogP) is 9.08. The van der Waals surface area contributed by atoms with Gasteiger partial charge in [0.2, 0.25) is 0 Å². The molecule has 7 rings (SSSR count). The topological polar surface area (TPSA) is 143 Å². The highest BCUT2D eigenvalue weighted by atomic mass is 28.4. The van der Waals surface area contributed by atoms with Crippen LogP contribution in [-0.4, -0.2) is 108 Å². The minimum Gasteiger partial charge on any atom is -0.463 e. The van der Waals surface area contributed by atoms with E-state index in [1.54, 1.807) is 0 Å². The van der Waals surface area contributed by atoms with E-state index < -0.39 is 14.2 Å². The number of carbonyl (C=O) groups is 3. The number of esters is 1. The molecule has 8 bridgehead atoms. The lowest BCUT2D eigenvalue weighted by atomic mass is 9.84. The number of H-pyrrole nitrogens is 2. The van der Waals surface area contributed by atoms with Crippen LogP contribution in [0, 0.1) is 13.8 Å². The number of fused-ring (bicyclic) bond motifs is 8. The lowest BCUT2D eigenvalue weighted by molar-refractivity contribution is -0.144. The monoisotopic (exact) mass is 834 g/mol. The highest BCUT2D eigenvalue weighted by Gasteiger charge is 2.41. The third-order valence-electron chi connectivity index (χ3n) is 13.6. The summed E-state index contributed by atoms with van der Waals surface area (Å²) in [6.45, 7) is 29.3. The summed E-state index contributed by atoms with van der Waals surface area (Å²) in [4.78, 5) is 64.2. The van der Waals surface area contributed by atoms with Crippen LogP contribution in [0.1, 0.15) is 133 Å². The fourth-order valence-corrected chi connectivity index (χ4v) is 9.72. The number of ether oxygens (including phenoxy) is 2. The molecule has 3 aromatic heterocycles. The average Bonchev–Trinajstić information content (AvgIpc) is 3.88. The van der Waals surface area contributed by atoms with Gasteiger partial charge in [0.05, 0.1) is 53.5 Å². The van der Waals surface area contributed by atoms with Crippen LogP contribution < -0.4 is 0 Å². The van der Waals surface area contributed by atoms with Crippen molar-refractivity contribution in [1.82, 2.24) is 29.7 Å². The van der Waals surface area contributed by atoms with Gasteiger partial charge in [0, 0.05) is 72.2 Å². The Bertz CT molecular complexity index is 2430. The van der Waals surface area contributed by atoms with Gasteiger partial charge in [0.15, 0.2) is 8.32 Å². The second-order valence-electron chi connectivity index (χ2n) is 18.2. The van der Waals surface area contributed by atoms with Gasteiger partial charge in [-0.05, 0) is 92.2 Å². The van der Waals surface area contributed by atoms with E-state index in [0.29, 0.717) is 60.6 Å². The van der Waals surface area contributed by atoms with Crippen molar-refractivity contribution in [2.75, 3.05) is 52.6 Å². The molecule has 2 amide bonds. The van der Waals surface area contributed by atoms with Crippen molar-refractivity contribution in [2.24, 2.45) is 0 Å². The van der Waals surface area contributed by atoms with Crippen LogP contribution in [-0.2, 0) is 18.7 Å². The highest BCUT2D eigenvalue weighted by molar-refractivity contribution is 6.74. The molecular formula is C47H62N6O6Si. The molecule has 320 valence electrons. The molecule has 1 saturated heterocycles. The summed E-state index contributed by atoms with van der Waals surface area (Å²) in [5, 5.41) is 0.0487. The van der Waals surface area contributed by atoms with E-state index in [9.17, 15) is 9.59 Å². The molecule has 0 saturated carbocycles. The van der Waals surface area contributed by atoms with E-state index in [-0.39, 0.29) is 48.3 Å². The molecule has 3 aromatic rings. The molecule has 0 aliphatic carbocycles. The molecular weight excluding hydrogens is 773 g/mol. The van der Waals surface area contributed by atoms with Crippen LogP contribution in [0.25, 0.3) is 39.3 Å². The standard InChI is InChI=1S/C47H62N6O6Si/c1-12-31-27(3)34-24-36-29(5)33(14-15-40(54)58-22-23-59-60(10,11)47(7,8)9)43(50-36)42-44-41(45(55)53(46(42)56)17-16-52-18-20-57-21-19-52)30(6)37(51-44)26-39-32(13-2)28(4)35(49-39)25-38(31)48-34/h12,24-26,29,33,48,51H,1,13-23H2,2-11H3/t29-,33-/m0/s1. The number of carbonyl (C=O) groups excluding carboxylic acids is 3. The fraction of sp³-hybridized carbons (Fsp3) is 0.511. The van der Waals surface area contributed by atoms with E-state index in [4.69, 9.17) is 23.9 Å². The molecule has 2 atom stereocenters. The lowest BCUT2D eigenvalue weighted by Gasteiger charge is -2.36. The Morgan fingerprint density at radius 1 is 0.950 bits per heavy atom. The van der Waals surface area contributed by atoms with Gasteiger partial charge in [-0.15, -0.1) is 0 Å². The number of amides is 2. The molecule has 2 N–H and O–H groups in total. The summed E-state index contributed by atoms with van der Waals surface area (Å²) < 4.78 is 17.5. The molecule has 60 heavy (non-hydrogen) atoms. The molecule has 12 nitrogen and oxygen atoms in total. The van der Waals surface area contributed by atoms with Crippen molar-refractivity contribution in [3.8, 4) is 0 Å². The van der Waals surface area contributed by atoms with Gasteiger partial charge in [0.25, 0.3) is 11.8 Å². The zero-order chi connectivity index (χ0) is 43.3. The van der Waals surface area contributed by atoms with Crippen LogP contribution in [0.4, 0.5) is 0 Å². The summed E-state index contributed by atoms with van der Waals surface area (Å²) in [5.41, 5.74) is 11.7. The van der Waals surface area contributed by atoms with Crippen molar-refractivity contribution in [1.29, 1.82) is 0 Å². The predicted molar refractivity (Wildman–Crippen MR) is 240 cm³/mol. The Balaban J connectivity index is 1.38. The number of morpholine rings is 1. The van der Waals surface area contributed by atoms with Crippen LogP contribution in [0.2, 0.25) is 18.1 Å². The van der Waals surface area contributed by atoms with Gasteiger partial charge in [-0.25, -0.2) is 4.98 Å². The quantitative estimate of drug-likeness (QED) is 0.0791. The number of aryl methyl sites for hydroxylation is 2. The van der Waals surface area contributed by atoms with Crippen molar-refractivity contribution < 1.29 is 28.3 Å². The first-order valence-electron chi connectivity index (χ1n) is 21.5. The maximum Gasteiger partial charge on any atom is 0.305 e. The number of aromatic amines is 2. The first-order chi connectivity index (χ1) is 28.4. The molecule has 0 unspecified atom stereocenters. The van der Waals surface area contributed by atoms with Gasteiger partial charge in [-0.2, -0.15) is 0 Å². The second-order valence-corrected chi connectivity index (χ2v) is 23.0. The average molecular weight is 835 g/mol. The maximum absolute atomic E-state index is 15.0. The minimum atomic E-state index is -1.99. The molecule has 0 spiro atoms. The number of imide groups is 1. The number of hydrogen-bond donors (Lipinski definition) is 2. The zero-order valence-corrected chi connectivity index (χ0v) is 38.2. The third-order valence-corrected chi connectivity index (χ3v) is 18.1. The van der Waals surface area contributed by atoms with Crippen LogP contribution >= 0.6 is 0 Å². The van der Waals surface area contributed by atoms with Crippen molar-refractivity contribution in [3.63, 3.8) is 0 Å². The molecule has 0 radical (unpaired) electrons. The molecule has 7 heterocycles. The normalized spacial score (nSPS) is 18.7. The summed E-state index contributed by atoms with van der Waals surface area (Å²) >= 11 is 0. The first kappa shape index (κ1) is 43.4. The smallest absolute Gasteiger partial charge is 0.305 e. The number of nitrogens with zero attached hydrogens (tertiary/aromatic N) is 4. The summed E-state index contributed by atoms with van der Waals surface area (Å²) in [6.07, 6.45) is 3.15. The van der Waals surface area contributed by atoms with Crippen LogP contribution in [0.5, 0.6) is 0 Å². The first-order valence-corrected chi connectivity index (χ1v) is 24.4. The van der Waals surface area contributed by atoms with Gasteiger partial charge < -0.3 is 23.9 Å². The van der Waals surface area contributed by atoms with Gasteiger partial charge in [0.1, 0.15) is 6.61 Å². The van der Waals surface area contributed by atoms with E-state index in [2.05, 4.69) is 95.1 Å². The number of hydrogen-bond acceptors (Lipinski definition) is 9. The molecule has 0 aromatic carbocycles. The molecule has 4 aliphatic heterocycles. The summed E-state index contributed by atoms with van der Waals surface area (Å²) in [6, 6.07) is 6.13. The highest BCUT2D eigenvalue weighted by Crippen LogP contribution is 2.44. The van der Waals surface area contributed by atoms with E-state index in [1.165, 1.54) is 4.90 Å². The number of aromatic nitrogens is 4. The molecule has 4 aliphatic rings. The summed E-state index contributed by atoms with van der Waals surface area (Å²) in [5.74, 6) is -1.55. The lowest BCUT2D eigenvalue weighted by Crippen LogP contribution is -2.47. The van der Waals surface area contributed by atoms with Crippen LogP contribution in [0.3, 0.4) is 0 Å². The van der Waals surface area contributed by atoms with E-state index >= 15 is 4.79 Å². The van der Waals surface area contributed by atoms with Gasteiger partial charge in [-0.3, -0.25) is 29.2 Å². The third kappa shape index (κ3) is 8.09. The molecule has 13 heteroatoms. The van der Waals surface area contributed by atoms with Gasteiger partial charge >= 0.3 is 5.97 Å². The van der Waals surface area contributed by atoms with E-state index in [0.717, 1.165) is 75.5 Å². The summed E-state index contributed by atoms with van der Waals surface area (Å²) in [7, 11) is -1.99. The maximum atomic E-state index is 15.0. The molecule has 1 fully saturated rings. The Morgan fingerprint density at radius 3 is 2.32 bits per heavy atom. The SMILES string of the molecule is C=Cc1c(C)c2cc3nc(c4c5[nH]c(cc6nc(cc1[nH]2)C(C)=C6CC)c(C)c5C(=O)N(CCN1CCOCC1)C4=O)[C@@H](CCC(=O)OCCO[Si](C)(C)C(C)(C)C)[C@@H]3C. The number of nitrogens with one attached hydrogen (secondary N) is 2. The Morgan fingerprint density at radius 2 is 1.63 bits per heavy atom. The Hall–Kier alpha value is -4.69. The van der Waals surface area contributed by atoms with Gasteiger partial charge in [-0.1, -0.05) is 47.3 Å². The minimum absolute atomic E-state index is 0.0487. The van der Waals surface area contributed by atoms with Crippen molar-refractivity contribution >= 4 is 65.4 Å². The largest absolute Gasteiger partial charge is 0.463 e. The van der Waals surface area contributed by atoms with Crippen molar-refractivity contribution in [3.05, 3.63) is 75.4 Å². The Kier molecular flexibility index (Phi) is 12.3. The van der Waals surface area contributed by atoms with Crippen LogP contribution in [0.15, 0.2) is 24.8 Å². The fourth-order valence-electron chi connectivity index (χ4n) is 8.69. The van der Waals surface area contributed by atoms with Crippen molar-refractivity contribution in [2.45, 2.75) is 105 Å². The number of allylic oxidation sites excluding steroid dienone is 2. The Labute approximate surface area is 354 Å². The second kappa shape index (κ2) is 17.0. The number of rotatable bonds is 12. The van der Waals surface area contributed by atoms with E-state index in [1.807, 2.05) is 19.1 Å².